The zero-order valence-corrected chi connectivity index (χ0v) is 9.99. The Balaban J connectivity index is 1.80. The van der Waals surface area contributed by atoms with Crippen LogP contribution in [0.2, 0.25) is 0 Å². The first-order valence-electron chi connectivity index (χ1n) is 6.09. The third-order valence-corrected chi connectivity index (χ3v) is 3.06. The molecule has 0 amide bonds. The van der Waals surface area contributed by atoms with E-state index in [1.54, 1.807) is 12.3 Å². The molecule has 0 atom stereocenters. The normalized spacial score (nSPS) is 14.7. The van der Waals surface area contributed by atoms with Crippen molar-refractivity contribution in [2.24, 2.45) is 0 Å². The molecule has 18 heavy (non-hydrogen) atoms. The lowest BCUT2D eigenvalue weighted by molar-refractivity contribution is 0.275. The van der Waals surface area contributed by atoms with Crippen LogP contribution in [0.15, 0.2) is 34.9 Å². The van der Waals surface area contributed by atoms with Crippen LogP contribution in [0.3, 0.4) is 0 Å². The van der Waals surface area contributed by atoms with Gasteiger partial charge in [-0.15, -0.1) is 5.10 Å². The van der Waals surface area contributed by atoms with Crippen LogP contribution in [0.25, 0.3) is 0 Å². The van der Waals surface area contributed by atoms with Crippen LogP contribution in [-0.2, 0) is 13.2 Å². The molecule has 1 saturated carbocycles. The monoisotopic (exact) mass is 245 g/mol. The van der Waals surface area contributed by atoms with Crippen LogP contribution in [0.1, 0.15) is 24.3 Å². The summed E-state index contributed by atoms with van der Waals surface area (Å²) in [5.74, 6) is 1.76. The van der Waals surface area contributed by atoms with E-state index < -0.39 is 0 Å². The third-order valence-electron chi connectivity index (χ3n) is 3.06. The smallest absolute Gasteiger partial charge is 0.151 e. The molecule has 2 heterocycles. The molecule has 0 saturated heterocycles. The van der Waals surface area contributed by atoms with Crippen molar-refractivity contribution in [2.75, 3.05) is 4.90 Å². The number of hydrogen-bond acceptors (Lipinski definition) is 5. The summed E-state index contributed by atoms with van der Waals surface area (Å²) in [5.41, 5.74) is 0.590. The maximum atomic E-state index is 8.96. The van der Waals surface area contributed by atoms with Gasteiger partial charge in [0.2, 0.25) is 0 Å². The number of anilines is 1. The van der Waals surface area contributed by atoms with Crippen molar-refractivity contribution in [1.82, 2.24) is 10.2 Å². The summed E-state index contributed by atoms with van der Waals surface area (Å²) in [6.07, 6.45) is 4.05. The van der Waals surface area contributed by atoms with Gasteiger partial charge in [0.05, 0.1) is 25.1 Å². The van der Waals surface area contributed by atoms with E-state index in [-0.39, 0.29) is 6.61 Å². The molecule has 5 heteroatoms. The van der Waals surface area contributed by atoms with Crippen LogP contribution >= 0.6 is 0 Å². The van der Waals surface area contributed by atoms with Crippen LogP contribution < -0.4 is 4.90 Å². The van der Waals surface area contributed by atoms with Gasteiger partial charge in [-0.3, -0.25) is 0 Å². The fourth-order valence-corrected chi connectivity index (χ4v) is 1.94. The summed E-state index contributed by atoms with van der Waals surface area (Å²) in [6, 6.07) is 8.09. The predicted octanol–water partition coefficient (Wildman–Crippen LogP) is 1.73. The minimum Gasteiger partial charge on any atom is -0.467 e. The molecular weight excluding hydrogens is 230 g/mol. The maximum absolute atomic E-state index is 8.96. The van der Waals surface area contributed by atoms with Gasteiger partial charge in [0.15, 0.2) is 5.82 Å². The van der Waals surface area contributed by atoms with Crippen molar-refractivity contribution in [3.05, 3.63) is 42.0 Å². The second kappa shape index (κ2) is 4.78. The first-order chi connectivity index (χ1) is 8.86. The minimum atomic E-state index is -0.0745. The lowest BCUT2D eigenvalue weighted by Crippen LogP contribution is -2.26. The highest BCUT2D eigenvalue weighted by Gasteiger charge is 2.30. The van der Waals surface area contributed by atoms with E-state index >= 15 is 0 Å². The van der Waals surface area contributed by atoms with Gasteiger partial charge in [-0.25, -0.2) is 0 Å². The Hall–Kier alpha value is -1.88. The maximum Gasteiger partial charge on any atom is 0.151 e. The van der Waals surface area contributed by atoms with E-state index in [2.05, 4.69) is 15.1 Å². The van der Waals surface area contributed by atoms with E-state index in [0.717, 1.165) is 11.6 Å². The average molecular weight is 245 g/mol. The number of aliphatic hydroxyl groups is 1. The molecule has 0 bridgehead atoms. The van der Waals surface area contributed by atoms with Crippen molar-refractivity contribution in [1.29, 1.82) is 0 Å². The van der Waals surface area contributed by atoms with Gasteiger partial charge in [0.25, 0.3) is 0 Å². The van der Waals surface area contributed by atoms with E-state index in [1.807, 2.05) is 18.2 Å². The van der Waals surface area contributed by atoms with Crippen molar-refractivity contribution < 1.29 is 9.52 Å². The van der Waals surface area contributed by atoms with Gasteiger partial charge in [-0.2, -0.15) is 5.10 Å². The van der Waals surface area contributed by atoms with Gasteiger partial charge in [0.1, 0.15) is 5.76 Å². The standard InChI is InChI=1S/C13H15N3O2/c17-9-10-3-6-13(15-14-10)16(11-4-5-11)8-12-2-1-7-18-12/h1-3,6-7,11,17H,4-5,8-9H2. The van der Waals surface area contributed by atoms with Crippen molar-refractivity contribution in [2.45, 2.75) is 32.0 Å². The van der Waals surface area contributed by atoms with E-state index in [0.29, 0.717) is 18.3 Å². The molecule has 0 spiro atoms. The molecule has 1 fully saturated rings. The Morgan fingerprint density at radius 2 is 2.17 bits per heavy atom. The molecule has 0 aromatic carbocycles. The molecule has 0 unspecified atom stereocenters. The van der Waals surface area contributed by atoms with E-state index in [4.69, 9.17) is 9.52 Å². The van der Waals surface area contributed by atoms with E-state index in [1.165, 1.54) is 12.8 Å². The Morgan fingerprint density at radius 1 is 1.28 bits per heavy atom. The number of nitrogens with zero attached hydrogens (tertiary/aromatic N) is 3. The quantitative estimate of drug-likeness (QED) is 0.869. The average Bonchev–Trinajstić information content (AvgIpc) is 3.13. The van der Waals surface area contributed by atoms with Crippen LogP contribution in [0.5, 0.6) is 0 Å². The number of hydrogen-bond donors (Lipinski definition) is 1. The molecule has 1 N–H and O–H groups in total. The van der Waals surface area contributed by atoms with Crippen molar-refractivity contribution >= 4 is 5.82 Å². The highest BCUT2D eigenvalue weighted by atomic mass is 16.3. The SMILES string of the molecule is OCc1ccc(N(Cc2ccco2)C2CC2)nn1. The fourth-order valence-electron chi connectivity index (χ4n) is 1.94. The topological polar surface area (TPSA) is 62.4 Å². The van der Waals surface area contributed by atoms with Crippen LogP contribution in [0, 0.1) is 0 Å². The highest BCUT2D eigenvalue weighted by Crippen LogP contribution is 2.31. The molecule has 2 aromatic heterocycles. The number of aromatic nitrogens is 2. The largest absolute Gasteiger partial charge is 0.467 e. The number of rotatable bonds is 5. The van der Waals surface area contributed by atoms with E-state index in [9.17, 15) is 0 Å². The minimum absolute atomic E-state index is 0.0745. The molecule has 0 aliphatic heterocycles. The van der Waals surface area contributed by atoms with Gasteiger partial charge in [-0.05, 0) is 37.1 Å². The Labute approximate surface area is 105 Å². The third kappa shape index (κ3) is 2.36. The van der Waals surface area contributed by atoms with Gasteiger partial charge in [0, 0.05) is 6.04 Å². The lowest BCUT2D eigenvalue weighted by Gasteiger charge is -2.21. The first kappa shape index (κ1) is 11.2. The number of aliphatic hydroxyl groups excluding tert-OH is 1. The fraction of sp³-hybridized carbons (Fsp3) is 0.385. The summed E-state index contributed by atoms with van der Waals surface area (Å²) < 4.78 is 5.38. The summed E-state index contributed by atoms with van der Waals surface area (Å²) >= 11 is 0. The second-order valence-corrected chi connectivity index (χ2v) is 4.48. The second-order valence-electron chi connectivity index (χ2n) is 4.48. The lowest BCUT2D eigenvalue weighted by atomic mass is 10.3. The summed E-state index contributed by atoms with van der Waals surface area (Å²) in [7, 11) is 0. The molecule has 2 aromatic rings. The molecular formula is C13H15N3O2. The zero-order chi connectivity index (χ0) is 12.4. The van der Waals surface area contributed by atoms with Crippen LogP contribution in [-0.4, -0.2) is 21.3 Å². The summed E-state index contributed by atoms with van der Waals surface area (Å²) in [6.45, 7) is 0.639. The Bertz CT molecular complexity index is 491. The molecule has 5 nitrogen and oxygen atoms in total. The zero-order valence-electron chi connectivity index (χ0n) is 9.99. The molecule has 1 aliphatic rings. The Kier molecular flexibility index (Phi) is 2.98. The van der Waals surface area contributed by atoms with Crippen molar-refractivity contribution in [3.63, 3.8) is 0 Å². The molecule has 0 radical (unpaired) electrons. The first-order valence-corrected chi connectivity index (χ1v) is 6.09. The predicted molar refractivity (Wildman–Crippen MR) is 65.9 cm³/mol. The molecule has 94 valence electrons. The molecule has 1 aliphatic carbocycles. The van der Waals surface area contributed by atoms with Gasteiger partial charge in [-0.1, -0.05) is 0 Å². The Morgan fingerprint density at radius 3 is 2.72 bits per heavy atom. The van der Waals surface area contributed by atoms with Gasteiger partial charge >= 0.3 is 0 Å². The van der Waals surface area contributed by atoms with Crippen molar-refractivity contribution in [3.8, 4) is 0 Å². The van der Waals surface area contributed by atoms with Crippen LogP contribution in [0.4, 0.5) is 5.82 Å². The van der Waals surface area contributed by atoms with Gasteiger partial charge < -0.3 is 14.4 Å². The number of furan rings is 1. The highest BCUT2D eigenvalue weighted by molar-refractivity contribution is 5.41. The molecule has 3 rings (SSSR count). The summed E-state index contributed by atoms with van der Waals surface area (Å²) in [4.78, 5) is 2.20. The summed E-state index contributed by atoms with van der Waals surface area (Å²) in [5, 5.41) is 17.1.